The van der Waals surface area contributed by atoms with Gasteiger partial charge in [-0.15, -0.1) is 0 Å². The summed E-state index contributed by atoms with van der Waals surface area (Å²) in [5, 5.41) is 11.1. The second-order valence-electron chi connectivity index (χ2n) is 4.57. The van der Waals surface area contributed by atoms with Crippen LogP contribution in [0, 0.1) is 0 Å². The first-order chi connectivity index (χ1) is 7.43. The lowest BCUT2D eigenvalue weighted by Gasteiger charge is -2.18. The molecule has 0 bridgehead atoms. The third-order valence-corrected chi connectivity index (χ3v) is 2.88. The lowest BCUT2D eigenvalue weighted by Crippen LogP contribution is -2.19. The summed E-state index contributed by atoms with van der Waals surface area (Å²) in [5.74, 6) is 0.834. The summed E-state index contributed by atoms with van der Waals surface area (Å²) in [6.07, 6.45) is 0. The van der Waals surface area contributed by atoms with Gasteiger partial charge in [0.1, 0.15) is 5.75 Å². The molecule has 3 nitrogen and oxygen atoms in total. The second kappa shape index (κ2) is 3.52. The Kier molecular flexibility index (Phi) is 2.43. The zero-order chi connectivity index (χ0) is 11.9. The Hall–Kier alpha value is -1.48. The number of nitrogens with zero attached hydrogens (tertiary/aromatic N) is 1. The molecular formula is C13H17NO2. The summed E-state index contributed by atoms with van der Waals surface area (Å²) in [6, 6.07) is 7.91. The third-order valence-electron chi connectivity index (χ3n) is 2.88. The Morgan fingerprint density at radius 2 is 1.94 bits per heavy atom. The fraction of sp³-hybridized carbons (Fsp3) is 0.385. The van der Waals surface area contributed by atoms with Gasteiger partial charge in [0, 0.05) is 23.6 Å². The predicted octanol–water partition coefficient (Wildman–Crippen LogP) is 2.41. The lowest BCUT2D eigenvalue weighted by atomic mass is 10.1. The van der Waals surface area contributed by atoms with Crippen molar-refractivity contribution in [2.24, 2.45) is 7.05 Å². The van der Waals surface area contributed by atoms with E-state index in [0.29, 0.717) is 0 Å². The topological polar surface area (TPSA) is 34.4 Å². The Balaban J connectivity index is 2.68. The van der Waals surface area contributed by atoms with Crippen molar-refractivity contribution in [3.63, 3.8) is 0 Å². The molecule has 2 rings (SSSR count). The van der Waals surface area contributed by atoms with E-state index in [1.54, 1.807) is 21.0 Å². The number of methoxy groups -OCH3 is 1. The van der Waals surface area contributed by atoms with E-state index in [4.69, 9.17) is 4.74 Å². The minimum Gasteiger partial charge on any atom is -0.497 e. The lowest BCUT2D eigenvalue weighted by molar-refractivity contribution is 0.0712. The van der Waals surface area contributed by atoms with Gasteiger partial charge in [-0.2, -0.15) is 0 Å². The maximum atomic E-state index is 10.0. The molecule has 1 N–H and O–H groups in total. The SMILES string of the molecule is COc1ccc2c(c1)cc(C(C)(C)O)n2C. The van der Waals surface area contributed by atoms with Gasteiger partial charge < -0.3 is 14.4 Å². The van der Waals surface area contributed by atoms with Crippen LogP contribution in [0.15, 0.2) is 24.3 Å². The summed E-state index contributed by atoms with van der Waals surface area (Å²) < 4.78 is 7.19. The summed E-state index contributed by atoms with van der Waals surface area (Å²) in [5.41, 5.74) is 1.16. The maximum absolute atomic E-state index is 10.0. The number of hydrogen-bond acceptors (Lipinski definition) is 2. The van der Waals surface area contributed by atoms with E-state index >= 15 is 0 Å². The van der Waals surface area contributed by atoms with E-state index in [0.717, 1.165) is 22.3 Å². The fourth-order valence-electron chi connectivity index (χ4n) is 2.04. The van der Waals surface area contributed by atoms with E-state index in [1.165, 1.54) is 0 Å². The first-order valence-electron chi connectivity index (χ1n) is 5.30. The summed E-state index contributed by atoms with van der Waals surface area (Å²) in [4.78, 5) is 0. The number of aryl methyl sites for hydroxylation is 1. The zero-order valence-corrected chi connectivity index (χ0v) is 10.1. The van der Waals surface area contributed by atoms with Gasteiger partial charge in [-0.05, 0) is 38.1 Å². The summed E-state index contributed by atoms with van der Waals surface area (Å²) >= 11 is 0. The van der Waals surface area contributed by atoms with Crippen LogP contribution in [0.1, 0.15) is 19.5 Å². The van der Waals surface area contributed by atoms with Crippen LogP contribution in [-0.2, 0) is 12.6 Å². The van der Waals surface area contributed by atoms with Crippen molar-refractivity contribution < 1.29 is 9.84 Å². The van der Waals surface area contributed by atoms with Crippen molar-refractivity contribution in [3.8, 4) is 5.75 Å². The van der Waals surface area contributed by atoms with Crippen LogP contribution >= 0.6 is 0 Å². The zero-order valence-electron chi connectivity index (χ0n) is 10.1. The quantitative estimate of drug-likeness (QED) is 0.841. The van der Waals surface area contributed by atoms with Crippen molar-refractivity contribution in [1.29, 1.82) is 0 Å². The Bertz CT molecular complexity index is 520. The molecule has 0 atom stereocenters. The van der Waals surface area contributed by atoms with Crippen LogP contribution in [0.25, 0.3) is 10.9 Å². The molecule has 0 spiro atoms. The Morgan fingerprint density at radius 3 is 2.50 bits per heavy atom. The van der Waals surface area contributed by atoms with Crippen molar-refractivity contribution in [2.75, 3.05) is 7.11 Å². The molecule has 0 aliphatic carbocycles. The van der Waals surface area contributed by atoms with E-state index < -0.39 is 5.60 Å². The highest BCUT2D eigenvalue weighted by Crippen LogP contribution is 2.29. The normalized spacial score (nSPS) is 12.1. The van der Waals surface area contributed by atoms with Gasteiger partial charge >= 0.3 is 0 Å². The first-order valence-corrected chi connectivity index (χ1v) is 5.30. The van der Waals surface area contributed by atoms with E-state index in [-0.39, 0.29) is 0 Å². The Morgan fingerprint density at radius 1 is 1.25 bits per heavy atom. The molecule has 0 aliphatic rings. The highest BCUT2D eigenvalue weighted by atomic mass is 16.5. The second-order valence-corrected chi connectivity index (χ2v) is 4.57. The number of rotatable bonds is 2. The number of aromatic nitrogens is 1. The average molecular weight is 219 g/mol. The molecule has 0 aliphatic heterocycles. The third kappa shape index (κ3) is 1.67. The van der Waals surface area contributed by atoms with Gasteiger partial charge in [-0.3, -0.25) is 0 Å². The van der Waals surface area contributed by atoms with Gasteiger partial charge in [-0.1, -0.05) is 0 Å². The maximum Gasteiger partial charge on any atom is 0.119 e. The number of hydrogen-bond donors (Lipinski definition) is 1. The molecule has 0 unspecified atom stereocenters. The van der Waals surface area contributed by atoms with Crippen LogP contribution in [-0.4, -0.2) is 16.8 Å². The molecule has 0 saturated heterocycles. The number of fused-ring (bicyclic) bond motifs is 1. The van der Waals surface area contributed by atoms with Crippen molar-refractivity contribution >= 4 is 10.9 Å². The van der Waals surface area contributed by atoms with Crippen LogP contribution in [0.5, 0.6) is 5.75 Å². The molecule has 2 aromatic rings. The molecule has 0 fully saturated rings. The first kappa shape index (κ1) is 11.0. The average Bonchev–Trinajstić information content (AvgIpc) is 2.55. The molecule has 1 aromatic heterocycles. The van der Waals surface area contributed by atoms with E-state index in [1.807, 2.05) is 35.9 Å². The highest BCUT2D eigenvalue weighted by molar-refractivity contribution is 5.83. The number of aliphatic hydroxyl groups is 1. The minimum atomic E-state index is -0.832. The molecule has 16 heavy (non-hydrogen) atoms. The van der Waals surface area contributed by atoms with Crippen LogP contribution in [0.3, 0.4) is 0 Å². The molecule has 1 heterocycles. The van der Waals surface area contributed by atoms with Crippen LogP contribution < -0.4 is 4.74 Å². The minimum absolute atomic E-state index is 0.832. The molecule has 3 heteroatoms. The van der Waals surface area contributed by atoms with Gasteiger partial charge in [0.15, 0.2) is 0 Å². The van der Waals surface area contributed by atoms with Gasteiger partial charge in [0.05, 0.1) is 12.7 Å². The molecule has 0 saturated carbocycles. The molecule has 86 valence electrons. The number of benzene rings is 1. The number of ether oxygens (including phenoxy) is 1. The summed E-state index contributed by atoms with van der Waals surface area (Å²) in [7, 11) is 3.61. The van der Waals surface area contributed by atoms with Gasteiger partial charge in [0.25, 0.3) is 0 Å². The largest absolute Gasteiger partial charge is 0.497 e. The highest BCUT2D eigenvalue weighted by Gasteiger charge is 2.21. The van der Waals surface area contributed by atoms with E-state index in [9.17, 15) is 5.11 Å². The molecule has 1 aromatic carbocycles. The smallest absolute Gasteiger partial charge is 0.119 e. The Labute approximate surface area is 95.3 Å². The molecular weight excluding hydrogens is 202 g/mol. The fourth-order valence-corrected chi connectivity index (χ4v) is 2.04. The van der Waals surface area contributed by atoms with Crippen LogP contribution in [0.4, 0.5) is 0 Å². The van der Waals surface area contributed by atoms with Gasteiger partial charge in [0.2, 0.25) is 0 Å². The predicted molar refractivity (Wildman–Crippen MR) is 64.7 cm³/mol. The molecule has 0 radical (unpaired) electrons. The van der Waals surface area contributed by atoms with Gasteiger partial charge in [-0.25, -0.2) is 0 Å². The monoisotopic (exact) mass is 219 g/mol. The molecule has 0 amide bonds. The van der Waals surface area contributed by atoms with E-state index in [2.05, 4.69) is 0 Å². The standard InChI is InChI=1S/C13H17NO2/c1-13(2,15)12-8-9-7-10(16-4)5-6-11(9)14(12)3/h5-8,15H,1-4H3. The van der Waals surface area contributed by atoms with Crippen molar-refractivity contribution in [3.05, 3.63) is 30.0 Å². The summed E-state index contributed by atoms with van der Waals surface area (Å²) in [6.45, 7) is 3.58. The van der Waals surface area contributed by atoms with Crippen LogP contribution in [0.2, 0.25) is 0 Å². The van der Waals surface area contributed by atoms with Crippen molar-refractivity contribution in [2.45, 2.75) is 19.4 Å². The van der Waals surface area contributed by atoms with Crippen molar-refractivity contribution in [1.82, 2.24) is 4.57 Å².